The lowest BCUT2D eigenvalue weighted by Crippen LogP contribution is -2.37. The summed E-state index contributed by atoms with van der Waals surface area (Å²) in [5.41, 5.74) is 0.881. The molecule has 5 nitrogen and oxygen atoms in total. The van der Waals surface area contributed by atoms with Crippen LogP contribution in [0.15, 0.2) is 24.3 Å². The van der Waals surface area contributed by atoms with Gasteiger partial charge in [0.1, 0.15) is 0 Å². The van der Waals surface area contributed by atoms with Crippen molar-refractivity contribution in [2.45, 2.75) is 45.1 Å². The molecule has 1 aliphatic carbocycles. The zero-order chi connectivity index (χ0) is 15.8. The highest BCUT2D eigenvalue weighted by Crippen LogP contribution is 2.18. The topological polar surface area (TPSA) is 67.4 Å². The Morgan fingerprint density at radius 3 is 2.64 bits per heavy atom. The average molecular weight is 304 g/mol. The summed E-state index contributed by atoms with van der Waals surface area (Å²) in [6, 6.07) is 7.34. The summed E-state index contributed by atoms with van der Waals surface area (Å²) in [7, 11) is 0. The fraction of sp³-hybridized carbons (Fsp3) is 0.529. The minimum absolute atomic E-state index is 0.137. The normalized spacial score (nSPS) is 15.3. The molecule has 5 heteroatoms. The number of rotatable bonds is 6. The first-order chi connectivity index (χ1) is 10.7. The number of esters is 1. The van der Waals surface area contributed by atoms with Crippen LogP contribution in [0.1, 0.15) is 49.4 Å². The summed E-state index contributed by atoms with van der Waals surface area (Å²) < 4.78 is 5.00. The van der Waals surface area contributed by atoms with Crippen molar-refractivity contribution in [2.24, 2.45) is 0 Å². The maximum absolute atomic E-state index is 12.1. The van der Waals surface area contributed by atoms with Crippen molar-refractivity contribution in [1.82, 2.24) is 5.32 Å². The van der Waals surface area contributed by atoms with Gasteiger partial charge in [0.05, 0.1) is 24.4 Å². The Bertz CT molecular complexity index is 510. The Kier molecular flexibility index (Phi) is 6.40. The Balaban J connectivity index is 1.89. The molecule has 0 saturated heterocycles. The number of para-hydroxylation sites is 1. The molecule has 0 heterocycles. The second-order valence-corrected chi connectivity index (χ2v) is 5.53. The summed E-state index contributed by atoms with van der Waals surface area (Å²) in [6.45, 7) is 2.33. The standard InChI is InChI=1S/C17H24N2O3/c1-2-22-17(21)14-10-6-7-11-15(14)19-16(20)12-18-13-8-4-3-5-9-13/h6-7,10-11,13,18H,2-5,8-9,12H2,1H3,(H,19,20). The lowest BCUT2D eigenvalue weighted by atomic mass is 9.95. The Hall–Kier alpha value is -1.88. The van der Waals surface area contributed by atoms with Crippen molar-refractivity contribution in [3.05, 3.63) is 29.8 Å². The van der Waals surface area contributed by atoms with Gasteiger partial charge in [-0.1, -0.05) is 31.4 Å². The number of nitrogens with one attached hydrogen (secondary N) is 2. The predicted molar refractivity (Wildman–Crippen MR) is 85.9 cm³/mol. The third kappa shape index (κ3) is 4.84. The van der Waals surface area contributed by atoms with Gasteiger partial charge in [-0.05, 0) is 31.9 Å². The number of hydrogen-bond acceptors (Lipinski definition) is 4. The first kappa shape index (κ1) is 16.5. The van der Waals surface area contributed by atoms with E-state index in [1.54, 1.807) is 31.2 Å². The minimum atomic E-state index is -0.418. The van der Waals surface area contributed by atoms with E-state index >= 15 is 0 Å². The van der Waals surface area contributed by atoms with Gasteiger partial charge in [0.15, 0.2) is 0 Å². The van der Waals surface area contributed by atoms with Crippen molar-refractivity contribution in [3.8, 4) is 0 Å². The largest absolute Gasteiger partial charge is 0.462 e. The maximum atomic E-state index is 12.1. The molecule has 1 aliphatic rings. The number of ether oxygens (including phenoxy) is 1. The van der Waals surface area contributed by atoms with Gasteiger partial charge >= 0.3 is 5.97 Å². The molecule has 0 unspecified atom stereocenters. The third-order valence-electron chi connectivity index (χ3n) is 3.85. The molecule has 0 radical (unpaired) electrons. The Labute approximate surface area is 131 Å². The highest BCUT2D eigenvalue weighted by Gasteiger charge is 2.16. The highest BCUT2D eigenvalue weighted by atomic mass is 16.5. The summed E-state index contributed by atoms with van der Waals surface area (Å²) in [6.07, 6.45) is 6.01. The molecule has 120 valence electrons. The molecule has 0 aromatic heterocycles. The van der Waals surface area contributed by atoms with Crippen LogP contribution in [0.5, 0.6) is 0 Å². The third-order valence-corrected chi connectivity index (χ3v) is 3.85. The monoisotopic (exact) mass is 304 g/mol. The van der Waals surface area contributed by atoms with E-state index in [9.17, 15) is 9.59 Å². The maximum Gasteiger partial charge on any atom is 0.340 e. The Morgan fingerprint density at radius 2 is 1.91 bits per heavy atom. The van der Waals surface area contributed by atoms with Crippen LogP contribution < -0.4 is 10.6 Å². The van der Waals surface area contributed by atoms with E-state index in [0.717, 1.165) is 12.8 Å². The number of hydrogen-bond donors (Lipinski definition) is 2. The SMILES string of the molecule is CCOC(=O)c1ccccc1NC(=O)CNC1CCCCC1. The van der Waals surface area contributed by atoms with E-state index in [4.69, 9.17) is 4.74 Å². The molecule has 0 aliphatic heterocycles. The zero-order valence-corrected chi connectivity index (χ0v) is 13.1. The Morgan fingerprint density at radius 1 is 1.18 bits per heavy atom. The van der Waals surface area contributed by atoms with Crippen molar-refractivity contribution in [1.29, 1.82) is 0 Å². The molecule has 2 N–H and O–H groups in total. The average Bonchev–Trinajstić information content (AvgIpc) is 2.54. The molecule has 1 fully saturated rings. The number of carbonyl (C=O) groups excluding carboxylic acids is 2. The summed E-state index contributed by atoms with van der Waals surface area (Å²) in [5, 5.41) is 6.07. The molecule has 1 aromatic carbocycles. The van der Waals surface area contributed by atoms with E-state index in [1.807, 2.05) is 0 Å². The number of amides is 1. The van der Waals surface area contributed by atoms with Crippen molar-refractivity contribution >= 4 is 17.6 Å². The molecule has 1 amide bonds. The van der Waals surface area contributed by atoms with Gasteiger partial charge in [0, 0.05) is 6.04 Å². The van der Waals surface area contributed by atoms with Crippen LogP contribution in [0, 0.1) is 0 Å². The lowest BCUT2D eigenvalue weighted by molar-refractivity contribution is -0.115. The summed E-state index contributed by atoms with van der Waals surface area (Å²) in [5.74, 6) is -0.555. The van der Waals surface area contributed by atoms with Gasteiger partial charge < -0.3 is 15.4 Å². The molecule has 22 heavy (non-hydrogen) atoms. The van der Waals surface area contributed by atoms with Crippen molar-refractivity contribution < 1.29 is 14.3 Å². The van der Waals surface area contributed by atoms with Gasteiger partial charge in [0.2, 0.25) is 5.91 Å². The molecule has 0 atom stereocenters. The van der Waals surface area contributed by atoms with Gasteiger partial charge in [-0.3, -0.25) is 4.79 Å². The van der Waals surface area contributed by atoms with Crippen molar-refractivity contribution in [2.75, 3.05) is 18.5 Å². The minimum Gasteiger partial charge on any atom is -0.462 e. The number of carbonyl (C=O) groups is 2. The van der Waals surface area contributed by atoms with Crippen LogP contribution in [0.2, 0.25) is 0 Å². The van der Waals surface area contributed by atoms with Gasteiger partial charge in [-0.25, -0.2) is 4.79 Å². The van der Waals surface area contributed by atoms with Gasteiger partial charge in [-0.15, -0.1) is 0 Å². The van der Waals surface area contributed by atoms with Crippen molar-refractivity contribution in [3.63, 3.8) is 0 Å². The fourth-order valence-corrected chi connectivity index (χ4v) is 2.72. The zero-order valence-electron chi connectivity index (χ0n) is 13.1. The molecular formula is C17H24N2O3. The van der Waals surface area contributed by atoms with Crippen LogP contribution in [-0.4, -0.2) is 31.1 Å². The molecule has 0 bridgehead atoms. The molecule has 0 spiro atoms. The van der Waals surface area contributed by atoms with E-state index in [2.05, 4.69) is 10.6 Å². The van der Waals surface area contributed by atoms with Crippen LogP contribution in [0.25, 0.3) is 0 Å². The highest BCUT2D eigenvalue weighted by molar-refractivity contribution is 6.01. The number of benzene rings is 1. The molecule has 1 saturated carbocycles. The van der Waals surface area contributed by atoms with E-state index in [1.165, 1.54) is 19.3 Å². The van der Waals surface area contributed by atoms with E-state index in [0.29, 0.717) is 23.9 Å². The second-order valence-electron chi connectivity index (χ2n) is 5.53. The predicted octanol–water partition coefficient (Wildman–Crippen LogP) is 2.72. The molecule has 1 aromatic rings. The van der Waals surface area contributed by atoms with Crippen LogP contribution >= 0.6 is 0 Å². The van der Waals surface area contributed by atoms with Crippen LogP contribution in [0.3, 0.4) is 0 Å². The number of anilines is 1. The smallest absolute Gasteiger partial charge is 0.340 e. The van der Waals surface area contributed by atoms with E-state index < -0.39 is 5.97 Å². The molecular weight excluding hydrogens is 280 g/mol. The lowest BCUT2D eigenvalue weighted by Gasteiger charge is -2.22. The summed E-state index contributed by atoms with van der Waals surface area (Å²) in [4.78, 5) is 23.9. The quantitative estimate of drug-likeness (QED) is 0.793. The van der Waals surface area contributed by atoms with Gasteiger partial charge in [0.25, 0.3) is 0 Å². The van der Waals surface area contributed by atoms with E-state index in [-0.39, 0.29) is 12.5 Å². The first-order valence-corrected chi connectivity index (χ1v) is 8.00. The first-order valence-electron chi connectivity index (χ1n) is 8.00. The fourth-order valence-electron chi connectivity index (χ4n) is 2.72. The van der Waals surface area contributed by atoms with Crippen LogP contribution in [-0.2, 0) is 9.53 Å². The summed E-state index contributed by atoms with van der Waals surface area (Å²) >= 11 is 0. The van der Waals surface area contributed by atoms with Crippen LogP contribution in [0.4, 0.5) is 5.69 Å². The van der Waals surface area contributed by atoms with Gasteiger partial charge in [-0.2, -0.15) is 0 Å². The molecule has 2 rings (SSSR count). The second kappa shape index (κ2) is 8.54.